The molecule has 140 valence electrons. The van der Waals surface area contributed by atoms with E-state index in [4.69, 9.17) is 9.84 Å². The van der Waals surface area contributed by atoms with Gasteiger partial charge in [0.15, 0.2) is 0 Å². The summed E-state index contributed by atoms with van der Waals surface area (Å²) in [6.07, 6.45) is 2.96. The number of pyridine rings is 1. The van der Waals surface area contributed by atoms with Gasteiger partial charge in [0, 0.05) is 16.4 Å². The summed E-state index contributed by atoms with van der Waals surface area (Å²) in [5.41, 5.74) is 0.510. The fourth-order valence-electron chi connectivity index (χ4n) is 3.00. The number of nitrogens with one attached hydrogen (secondary N) is 1. The Morgan fingerprint density at radius 2 is 2.15 bits per heavy atom. The van der Waals surface area contributed by atoms with E-state index in [0.717, 1.165) is 35.5 Å². The average molecular weight is 423 g/mol. The Labute approximate surface area is 160 Å². The maximum absolute atomic E-state index is 13.1. The summed E-state index contributed by atoms with van der Waals surface area (Å²) in [5.74, 6) is 1.08. The molecule has 1 saturated carbocycles. The highest BCUT2D eigenvalue weighted by molar-refractivity contribution is 9.10. The van der Waals surface area contributed by atoms with Crippen LogP contribution < -0.4 is 15.6 Å². The van der Waals surface area contributed by atoms with Crippen molar-refractivity contribution in [1.82, 2.24) is 9.88 Å². The smallest absolute Gasteiger partial charge is 0.404 e. The lowest BCUT2D eigenvalue weighted by Gasteiger charge is -2.20. The van der Waals surface area contributed by atoms with Crippen molar-refractivity contribution in [1.29, 1.82) is 0 Å². The molecule has 0 aliphatic heterocycles. The Morgan fingerprint density at radius 3 is 2.81 bits per heavy atom. The van der Waals surface area contributed by atoms with Gasteiger partial charge >= 0.3 is 6.09 Å². The van der Waals surface area contributed by atoms with Crippen molar-refractivity contribution < 1.29 is 14.6 Å². The van der Waals surface area contributed by atoms with Gasteiger partial charge < -0.3 is 19.7 Å². The van der Waals surface area contributed by atoms with Gasteiger partial charge in [0.05, 0.1) is 24.2 Å². The SMILES string of the molecule is CCCCOc1c(CNC(=O)O)n(CC2CC2)c(=O)c2ccc(Br)cc12. The summed E-state index contributed by atoms with van der Waals surface area (Å²) in [7, 11) is 0. The number of fused-ring (bicyclic) bond motifs is 1. The molecule has 1 aromatic carbocycles. The first-order chi connectivity index (χ1) is 12.5. The van der Waals surface area contributed by atoms with Crippen molar-refractivity contribution in [2.75, 3.05) is 6.61 Å². The topological polar surface area (TPSA) is 80.6 Å². The van der Waals surface area contributed by atoms with Crippen LogP contribution in [0.25, 0.3) is 10.8 Å². The Hall–Kier alpha value is -2.02. The van der Waals surface area contributed by atoms with Gasteiger partial charge in [0.2, 0.25) is 0 Å². The van der Waals surface area contributed by atoms with Crippen LogP contribution in [0.3, 0.4) is 0 Å². The van der Waals surface area contributed by atoms with Gasteiger partial charge in [0.1, 0.15) is 5.75 Å². The fourth-order valence-corrected chi connectivity index (χ4v) is 3.36. The van der Waals surface area contributed by atoms with Crippen LogP contribution >= 0.6 is 15.9 Å². The number of amides is 1. The van der Waals surface area contributed by atoms with Crippen molar-refractivity contribution in [2.24, 2.45) is 5.92 Å². The number of carboxylic acid groups (broad SMARTS) is 1. The van der Waals surface area contributed by atoms with Crippen molar-refractivity contribution in [3.05, 3.63) is 38.7 Å². The molecule has 1 amide bonds. The number of hydrogen-bond donors (Lipinski definition) is 2. The van der Waals surface area contributed by atoms with Gasteiger partial charge in [-0.15, -0.1) is 0 Å². The zero-order valence-corrected chi connectivity index (χ0v) is 16.3. The summed E-state index contributed by atoms with van der Waals surface area (Å²) in [5, 5.41) is 12.8. The first-order valence-corrected chi connectivity index (χ1v) is 9.75. The number of rotatable bonds is 8. The fraction of sp³-hybridized carbons (Fsp3) is 0.474. The lowest BCUT2D eigenvalue weighted by molar-refractivity contribution is 0.193. The van der Waals surface area contributed by atoms with Crippen LogP contribution in [-0.4, -0.2) is 22.4 Å². The standard InChI is InChI=1S/C19H23BrN2O4/c1-2-3-8-26-17-15-9-13(20)6-7-14(15)18(23)22(11-12-4-5-12)16(17)10-21-19(24)25/h6-7,9,12,21H,2-5,8,10-11H2,1H3,(H,24,25). The number of benzene rings is 1. The van der Waals surface area contributed by atoms with Crippen LogP contribution in [0.2, 0.25) is 0 Å². The molecular weight excluding hydrogens is 400 g/mol. The van der Waals surface area contributed by atoms with Crippen LogP contribution in [0.4, 0.5) is 4.79 Å². The minimum atomic E-state index is -1.12. The molecule has 2 aromatic rings. The number of nitrogens with zero attached hydrogens (tertiary/aromatic N) is 1. The maximum Gasteiger partial charge on any atom is 0.404 e. The molecule has 2 N–H and O–H groups in total. The van der Waals surface area contributed by atoms with E-state index in [-0.39, 0.29) is 12.1 Å². The molecule has 1 aliphatic carbocycles. The van der Waals surface area contributed by atoms with Crippen molar-refractivity contribution in [3.8, 4) is 5.75 Å². The van der Waals surface area contributed by atoms with Gasteiger partial charge in [-0.1, -0.05) is 29.3 Å². The molecule has 6 nitrogen and oxygen atoms in total. The van der Waals surface area contributed by atoms with Crippen LogP contribution in [-0.2, 0) is 13.1 Å². The Morgan fingerprint density at radius 1 is 1.38 bits per heavy atom. The van der Waals surface area contributed by atoms with E-state index >= 15 is 0 Å². The first kappa shape index (κ1) is 18.8. The summed E-state index contributed by atoms with van der Waals surface area (Å²) < 4.78 is 8.61. The van der Waals surface area contributed by atoms with E-state index in [9.17, 15) is 9.59 Å². The normalized spacial score (nSPS) is 13.8. The number of hydrogen-bond acceptors (Lipinski definition) is 3. The monoisotopic (exact) mass is 422 g/mol. The highest BCUT2D eigenvalue weighted by Crippen LogP contribution is 2.34. The van der Waals surface area contributed by atoms with Gasteiger partial charge in [-0.3, -0.25) is 4.79 Å². The van der Waals surface area contributed by atoms with Crippen LogP contribution in [0.1, 0.15) is 38.3 Å². The summed E-state index contributed by atoms with van der Waals surface area (Å²) in [6, 6.07) is 5.51. The average Bonchev–Trinajstić information content (AvgIpc) is 3.41. The lowest BCUT2D eigenvalue weighted by Crippen LogP contribution is -2.30. The van der Waals surface area contributed by atoms with E-state index < -0.39 is 6.09 Å². The van der Waals surface area contributed by atoms with Crippen molar-refractivity contribution >= 4 is 32.8 Å². The molecule has 3 rings (SSSR count). The highest BCUT2D eigenvalue weighted by atomic mass is 79.9. The molecule has 0 bridgehead atoms. The molecule has 0 saturated heterocycles. The molecule has 0 spiro atoms. The van der Waals surface area contributed by atoms with Crippen molar-refractivity contribution in [2.45, 2.75) is 45.7 Å². The second-order valence-electron chi connectivity index (χ2n) is 6.69. The van der Waals surface area contributed by atoms with Crippen LogP contribution in [0, 0.1) is 5.92 Å². The summed E-state index contributed by atoms with van der Waals surface area (Å²) >= 11 is 3.45. The summed E-state index contributed by atoms with van der Waals surface area (Å²) in [4.78, 5) is 24.1. The van der Waals surface area contributed by atoms with Gasteiger partial charge in [0.25, 0.3) is 5.56 Å². The van der Waals surface area contributed by atoms with Gasteiger partial charge in [-0.2, -0.15) is 0 Å². The summed E-state index contributed by atoms with van der Waals surface area (Å²) in [6.45, 7) is 3.26. The van der Waals surface area contributed by atoms with Crippen LogP contribution in [0.15, 0.2) is 27.5 Å². The lowest BCUT2D eigenvalue weighted by atomic mass is 10.1. The molecule has 1 fully saturated rings. The highest BCUT2D eigenvalue weighted by Gasteiger charge is 2.26. The van der Waals surface area contributed by atoms with Crippen LogP contribution in [0.5, 0.6) is 5.75 Å². The maximum atomic E-state index is 13.1. The molecular formula is C19H23BrN2O4. The third-order valence-electron chi connectivity index (χ3n) is 4.58. The number of unbranched alkanes of at least 4 members (excludes halogenated alkanes) is 1. The zero-order chi connectivity index (χ0) is 18.7. The minimum absolute atomic E-state index is 0.0429. The Bertz CT molecular complexity index is 874. The molecule has 1 aromatic heterocycles. The predicted molar refractivity (Wildman–Crippen MR) is 104 cm³/mol. The number of aromatic nitrogens is 1. The number of halogens is 1. The van der Waals surface area contributed by atoms with E-state index in [0.29, 0.717) is 35.9 Å². The molecule has 0 atom stereocenters. The van der Waals surface area contributed by atoms with E-state index in [1.165, 1.54) is 0 Å². The Kier molecular flexibility index (Phi) is 5.86. The quantitative estimate of drug-likeness (QED) is 0.626. The van der Waals surface area contributed by atoms with E-state index in [1.807, 2.05) is 12.1 Å². The molecule has 0 unspecified atom stereocenters. The largest absolute Gasteiger partial charge is 0.491 e. The first-order valence-electron chi connectivity index (χ1n) is 8.95. The number of carbonyl (C=O) groups is 1. The minimum Gasteiger partial charge on any atom is -0.491 e. The van der Waals surface area contributed by atoms with E-state index in [2.05, 4.69) is 28.2 Å². The number of ether oxygens (including phenoxy) is 1. The molecule has 26 heavy (non-hydrogen) atoms. The van der Waals surface area contributed by atoms with Gasteiger partial charge in [-0.05, 0) is 43.4 Å². The van der Waals surface area contributed by atoms with E-state index in [1.54, 1.807) is 10.6 Å². The Balaban J connectivity index is 2.17. The second-order valence-corrected chi connectivity index (χ2v) is 7.60. The van der Waals surface area contributed by atoms with Crippen molar-refractivity contribution in [3.63, 3.8) is 0 Å². The molecule has 7 heteroatoms. The molecule has 1 aliphatic rings. The second kappa shape index (κ2) is 8.12. The zero-order valence-electron chi connectivity index (χ0n) is 14.8. The molecule has 0 radical (unpaired) electrons. The third-order valence-corrected chi connectivity index (χ3v) is 5.07. The molecule has 1 heterocycles. The third kappa shape index (κ3) is 4.20. The van der Waals surface area contributed by atoms with Gasteiger partial charge in [-0.25, -0.2) is 4.79 Å². The predicted octanol–water partition coefficient (Wildman–Crippen LogP) is 4.12.